The molecule has 0 bridgehead atoms. The molecule has 2 heterocycles. The van der Waals surface area contributed by atoms with Gasteiger partial charge in [0.25, 0.3) is 0 Å². The van der Waals surface area contributed by atoms with E-state index >= 15 is 0 Å². The summed E-state index contributed by atoms with van der Waals surface area (Å²) in [5.74, 6) is 0.908. The SMILES string of the molecule is COc1ccc(C(C)N2CCCC2c2cncc(Br)c2)cc1. The smallest absolute Gasteiger partial charge is 0.118 e. The third-order valence-corrected chi connectivity index (χ3v) is 4.93. The van der Waals surface area contributed by atoms with Crippen LogP contribution in [0.3, 0.4) is 0 Å². The minimum Gasteiger partial charge on any atom is -0.497 e. The van der Waals surface area contributed by atoms with Gasteiger partial charge in [-0.3, -0.25) is 9.88 Å². The first-order chi connectivity index (χ1) is 10.7. The minimum atomic E-state index is 0.386. The predicted molar refractivity (Wildman–Crippen MR) is 92.0 cm³/mol. The number of nitrogens with zero attached hydrogens (tertiary/aromatic N) is 2. The second kappa shape index (κ2) is 6.80. The molecule has 1 aliphatic rings. The molecule has 2 atom stereocenters. The lowest BCUT2D eigenvalue weighted by atomic mass is 10.0. The Hall–Kier alpha value is -1.39. The molecule has 1 fully saturated rings. The second-order valence-electron chi connectivity index (χ2n) is 5.78. The van der Waals surface area contributed by atoms with Crippen molar-refractivity contribution in [3.05, 3.63) is 58.3 Å². The van der Waals surface area contributed by atoms with Crippen LogP contribution in [0.2, 0.25) is 0 Å². The first kappa shape index (κ1) is 15.5. The fourth-order valence-electron chi connectivity index (χ4n) is 3.30. The number of aromatic nitrogens is 1. The molecule has 2 unspecified atom stereocenters. The van der Waals surface area contributed by atoms with Gasteiger partial charge in [0.05, 0.1) is 7.11 Å². The number of likely N-dealkylation sites (tertiary alicyclic amines) is 1. The van der Waals surface area contributed by atoms with Crippen molar-refractivity contribution in [3.63, 3.8) is 0 Å². The molecule has 1 aromatic heterocycles. The highest BCUT2D eigenvalue weighted by Gasteiger charge is 2.30. The first-order valence-corrected chi connectivity index (χ1v) is 8.48. The quantitative estimate of drug-likeness (QED) is 0.786. The Morgan fingerprint density at radius 2 is 2.05 bits per heavy atom. The van der Waals surface area contributed by atoms with Gasteiger partial charge >= 0.3 is 0 Å². The van der Waals surface area contributed by atoms with E-state index < -0.39 is 0 Å². The summed E-state index contributed by atoms with van der Waals surface area (Å²) in [6, 6.07) is 11.4. The van der Waals surface area contributed by atoms with Gasteiger partial charge in [0.1, 0.15) is 5.75 Å². The molecule has 3 rings (SSSR count). The van der Waals surface area contributed by atoms with Crippen molar-refractivity contribution in [2.75, 3.05) is 13.7 Å². The summed E-state index contributed by atoms with van der Waals surface area (Å²) in [5, 5.41) is 0. The standard InChI is InChI=1S/C18H21BrN2O/c1-13(14-5-7-17(22-2)8-6-14)21-9-3-4-18(21)15-10-16(19)12-20-11-15/h5-8,10-13,18H,3-4,9H2,1-2H3. The zero-order valence-corrected chi connectivity index (χ0v) is 14.6. The van der Waals surface area contributed by atoms with Crippen molar-refractivity contribution in [1.29, 1.82) is 0 Å². The third-order valence-electron chi connectivity index (χ3n) is 4.50. The Kier molecular flexibility index (Phi) is 4.79. The first-order valence-electron chi connectivity index (χ1n) is 7.69. The van der Waals surface area contributed by atoms with E-state index in [1.807, 2.05) is 24.5 Å². The highest BCUT2D eigenvalue weighted by Crippen LogP contribution is 2.38. The van der Waals surface area contributed by atoms with Gasteiger partial charge in [-0.05, 0) is 71.6 Å². The van der Waals surface area contributed by atoms with Gasteiger partial charge in [-0.15, -0.1) is 0 Å². The topological polar surface area (TPSA) is 25.4 Å². The van der Waals surface area contributed by atoms with Crippen LogP contribution in [-0.4, -0.2) is 23.5 Å². The molecule has 0 aliphatic carbocycles. The molecule has 0 radical (unpaired) electrons. The van der Waals surface area contributed by atoms with Gasteiger partial charge in [0.15, 0.2) is 0 Å². The highest BCUT2D eigenvalue weighted by molar-refractivity contribution is 9.10. The molecular weight excluding hydrogens is 340 g/mol. The molecule has 0 amide bonds. The van der Waals surface area contributed by atoms with Gasteiger partial charge in [0.2, 0.25) is 0 Å². The van der Waals surface area contributed by atoms with E-state index in [0.29, 0.717) is 12.1 Å². The van der Waals surface area contributed by atoms with Crippen LogP contribution in [-0.2, 0) is 0 Å². The van der Waals surface area contributed by atoms with E-state index in [-0.39, 0.29) is 0 Å². The van der Waals surface area contributed by atoms with E-state index in [2.05, 4.69) is 50.9 Å². The molecule has 3 nitrogen and oxygen atoms in total. The van der Waals surface area contributed by atoms with Crippen LogP contribution in [0, 0.1) is 0 Å². The van der Waals surface area contributed by atoms with E-state index in [1.54, 1.807) is 7.11 Å². The number of hydrogen-bond acceptors (Lipinski definition) is 3. The molecular formula is C18H21BrN2O. The maximum Gasteiger partial charge on any atom is 0.118 e. The zero-order chi connectivity index (χ0) is 15.5. The third kappa shape index (κ3) is 3.18. The Morgan fingerprint density at radius 3 is 2.73 bits per heavy atom. The van der Waals surface area contributed by atoms with Crippen molar-refractivity contribution in [1.82, 2.24) is 9.88 Å². The van der Waals surface area contributed by atoms with Crippen LogP contribution in [0.25, 0.3) is 0 Å². The molecule has 0 spiro atoms. The number of ether oxygens (including phenoxy) is 1. The molecule has 0 saturated carbocycles. The molecule has 1 aromatic carbocycles. The maximum absolute atomic E-state index is 5.25. The van der Waals surface area contributed by atoms with Gasteiger partial charge in [-0.2, -0.15) is 0 Å². The van der Waals surface area contributed by atoms with Gasteiger partial charge < -0.3 is 4.74 Å². The minimum absolute atomic E-state index is 0.386. The largest absolute Gasteiger partial charge is 0.497 e. The molecule has 1 aliphatic heterocycles. The molecule has 116 valence electrons. The molecule has 2 aromatic rings. The Labute approximate surface area is 140 Å². The lowest BCUT2D eigenvalue weighted by Crippen LogP contribution is -2.26. The summed E-state index contributed by atoms with van der Waals surface area (Å²) in [6.07, 6.45) is 6.26. The van der Waals surface area contributed by atoms with Crippen LogP contribution in [0.15, 0.2) is 47.2 Å². The Bertz CT molecular complexity index is 629. The van der Waals surface area contributed by atoms with Gasteiger partial charge in [0, 0.05) is 29.0 Å². The number of pyridine rings is 1. The molecule has 0 N–H and O–H groups in total. The number of methoxy groups -OCH3 is 1. The van der Waals surface area contributed by atoms with Crippen molar-refractivity contribution in [2.45, 2.75) is 31.8 Å². The van der Waals surface area contributed by atoms with E-state index in [0.717, 1.165) is 16.8 Å². The van der Waals surface area contributed by atoms with Crippen molar-refractivity contribution < 1.29 is 4.74 Å². The fourth-order valence-corrected chi connectivity index (χ4v) is 3.68. The summed E-state index contributed by atoms with van der Waals surface area (Å²) in [7, 11) is 1.70. The van der Waals surface area contributed by atoms with Crippen molar-refractivity contribution >= 4 is 15.9 Å². The lowest BCUT2D eigenvalue weighted by Gasteiger charge is -2.31. The molecule has 22 heavy (non-hydrogen) atoms. The summed E-state index contributed by atoms with van der Waals surface area (Å²) in [5.41, 5.74) is 2.63. The fraction of sp³-hybridized carbons (Fsp3) is 0.389. The van der Waals surface area contributed by atoms with Crippen molar-refractivity contribution in [3.8, 4) is 5.75 Å². The Morgan fingerprint density at radius 1 is 1.27 bits per heavy atom. The van der Waals surface area contributed by atoms with Crippen LogP contribution < -0.4 is 4.74 Å². The normalized spacial score (nSPS) is 20.0. The molecule has 4 heteroatoms. The Balaban J connectivity index is 1.82. The second-order valence-corrected chi connectivity index (χ2v) is 6.70. The monoisotopic (exact) mass is 360 g/mol. The average molecular weight is 361 g/mol. The van der Waals surface area contributed by atoms with Crippen LogP contribution in [0.4, 0.5) is 0 Å². The molecule has 1 saturated heterocycles. The number of benzene rings is 1. The number of halogens is 1. The van der Waals surface area contributed by atoms with Crippen LogP contribution >= 0.6 is 15.9 Å². The predicted octanol–water partition coefficient (Wildman–Crippen LogP) is 4.75. The lowest BCUT2D eigenvalue weighted by molar-refractivity contribution is 0.193. The van der Waals surface area contributed by atoms with Gasteiger partial charge in [-0.25, -0.2) is 0 Å². The van der Waals surface area contributed by atoms with E-state index in [9.17, 15) is 0 Å². The summed E-state index contributed by atoms with van der Waals surface area (Å²) < 4.78 is 6.30. The average Bonchev–Trinajstić information content (AvgIpc) is 3.04. The number of rotatable bonds is 4. The van der Waals surface area contributed by atoms with Crippen molar-refractivity contribution in [2.24, 2.45) is 0 Å². The van der Waals surface area contributed by atoms with Crippen LogP contribution in [0.5, 0.6) is 5.75 Å². The summed E-state index contributed by atoms with van der Waals surface area (Å²) in [4.78, 5) is 6.90. The van der Waals surface area contributed by atoms with Gasteiger partial charge in [-0.1, -0.05) is 12.1 Å². The number of hydrogen-bond donors (Lipinski definition) is 0. The van der Waals surface area contributed by atoms with E-state index in [4.69, 9.17) is 4.74 Å². The summed E-state index contributed by atoms with van der Waals surface area (Å²) in [6.45, 7) is 3.41. The highest BCUT2D eigenvalue weighted by atomic mass is 79.9. The van der Waals surface area contributed by atoms with E-state index in [1.165, 1.54) is 24.0 Å². The van der Waals surface area contributed by atoms with Crippen LogP contribution in [0.1, 0.15) is 43.0 Å². The zero-order valence-electron chi connectivity index (χ0n) is 13.0. The summed E-state index contributed by atoms with van der Waals surface area (Å²) >= 11 is 3.53. The maximum atomic E-state index is 5.25.